The molecule has 0 bridgehead atoms. The van der Waals surface area contributed by atoms with Crippen LogP contribution in [0.3, 0.4) is 0 Å². The van der Waals surface area contributed by atoms with Crippen molar-refractivity contribution < 1.29 is 4.79 Å². The van der Waals surface area contributed by atoms with Gasteiger partial charge in [-0.15, -0.1) is 0 Å². The van der Waals surface area contributed by atoms with E-state index in [1.54, 1.807) is 11.9 Å². The van der Waals surface area contributed by atoms with Gasteiger partial charge in [-0.3, -0.25) is 4.79 Å². The van der Waals surface area contributed by atoms with Crippen LogP contribution in [0.2, 0.25) is 0 Å². The Morgan fingerprint density at radius 1 is 1.00 bits per heavy atom. The van der Waals surface area contributed by atoms with Gasteiger partial charge in [0, 0.05) is 13.6 Å². The van der Waals surface area contributed by atoms with Crippen molar-refractivity contribution in [2.75, 3.05) is 7.05 Å². The first-order valence-corrected chi connectivity index (χ1v) is 7.72. The number of aryl methyl sites for hydroxylation is 1. The molecule has 0 spiro atoms. The molecule has 2 aromatic carbocycles. The minimum Gasteiger partial charge on any atom is -0.340 e. The molecule has 0 fully saturated rings. The van der Waals surface area contributed by atoms with E-state index in [9.17, 15) is 4.79 Å². The zero-order valence-electron chi connectivity index (χ0n) is 13.3. The Morgan fingerprint density at radius 3 is 2.18 bits per heavy atom. The van der Waals surface area contributed by atoms with Crippen LogP contribution < -0.4 is 5.73 Å². The molecule has 1 atom stereocenters. The predicted molar refractivity (Wildman–Crippen MR) is 90.4 cm³/mol. The average molecular weight is 296 g/mol. The smallest absolute Gasteiger partial charge is 0.239 e. The Bertz CT molecular complexity index is 593. The molecule has 0 aliphatic heterocycles. The highest BCUT2D eigenvalue weighted by Gasteiger charge is 2.18. The molecule has 0 aliphatic carbocycles. The number of hydrogen-bond donors (Lipinski definition) is 1. The largest absolute Gasteiger partial charge is 0.340 e. The SMILES string of the molecule is CCc1ccc(CN(C)C(=O)[C@@H](N)Cc2ccccc2)cc1. The molecule has 0 saturated heterocycles. The average Bonchev–Trinajstić information content (AvgIpc) is 2.55. The second kappa shape index (κ2) is 7.76. The molecule has 22 heavy (non-hydrogen) atoms. The van der Waals surface area contributed by atoms with Gasteiger partial charge in [0.05, 0.1) is 6.04 Å². The summed E-state index contributed by atoms with van der Waals surface area (Å²) in [5.41, 5.74) is 9.57. The highest BCUT2D eigenvalue weighted by Crippen LogP contribution is 2.09. The summed E-state index contributed by atoms with van der Waals surface area (Å²) in [5, 5.41) is 0. The van der Waals surface area contributed by atoms with E-state index in [1.165, 1.54) is 5.56 Å². The Labute approximate surface area is 132 Å². The van der Waals surface area contributed by atoms with Crippen LogP contribution in [0.25, 0.3) is 0 Å². The molecule has 116 valence electrons. The van der Waals surface area contributed by atoms with Crippen molar-refractivity contribution in [2.24, 2.45) is 5.73 Å². The predicted octanol–water partition coefficient (Wildman–Crippen LogP) is 2.78. The quantitative estimate of drug-likeness (QED) is 0.891. The van der Waals surface area contributed by atoms with E-state index in [-0.39, 0.29) is 5.91 Å². The number of hydrogen-bond acceptors (Lipinski definition) is 2. The summed E-state index contributed by atoms with van der Waals surface area (Å²) in [6, 6.07) is 17.8. The maximum atomic E-state index is 12.4. The van der Waals surface area contributed by atoms with Crippen molar-refractivity contribution in [3.63, 3.8) is 0 Å². The number of benzene rings is 2. The molecule has 0 saturated carbocycles. The first-order chi connectivity index (χ1) is 10.6. The maximum Gasteiger partial charge on any atom is 0.239 e. The molecule has 2 rings (SSSR count). The van der Waals surface area contributed by atoms with Crippen LogP contribution in [-0.4, -0.2) is 23.9 Å². The fraction of sp³-hybridized carbons (Fsp3) is 0.316. The lowest BCUT2D eigenvalue weighted by Crippen LogP contribution is -2.42. The topological polar surface area (TPSA) is 46.3 Å². The Morgan fingerprint density at radius 2 is 1.59 bits per heavy atom. The van der Waals surface area contributed by atoms with Crippen molar-refractivity contribution in [3.8, 4) is 0 Å². The summed E-state index contributed by atoms with van der Waals surface area (Å²) in [6.45, 7) is 2.72. The number of rotatable bonds is 6. The zero-order chi connectivity index (χ0) is 15.9. The van der Waals surface area contributed by atoms with Gasteiger partial charge in [-0.25, -0.2) is 0 Å². The van der Waals surface area contributed by atoms with E-state index in [2.05, 4.69) is 31.2 Å². The van der Waals surface area contributed by atoms with Crippen LogP contribution in [0.15, 0.2) is 54.6 Å². The molecule has 0 aliphatic rings. The van der Waals surface area contributed by atoms with Crippen LogP contribution in [-0.2, 0) is 24.2 Å². The third-order valence-electron chi connectivity index (χ3n) is 3.84. The lowest BCUT2D eigenvalue weighted by Gasteiger charge is -2.21. The lowest BCUT2D eigenvalue weighted by atomic mass is 10.1. The van der Waals surface area contributed by atoms with Crippen molar-refractivity contribution >= 4 is 5.91 Å². The highest BCUT2D eigenvalue weighted by atomic mass is 16.2. The third kappa shape index (κ3) is 4.43. The van der Waals surface area contributed by atoms with Gasteiger partial charge in [-0.2, -0.15) is 0 Å². The molecule has 3 heteroatoms. The molecule has 0 radical (unpaired) electrons. The number of likely N-dealkylation sites (N-methyl/N-ethyl adjacent to an activating group) is 1. The molecule has 2 N–H and O–H groups in total. The van der Waals surface area contributed by atoms with Gasteiger partial charge in [0.25, 0.3) is 0 Å². The maximum absolute atomic E-state index is 12.4. The van der Waals surface area contributed by atoms with Gasteiger partial charge in [0.1, 0.15) is 0 Å². The minimum atomic E-state index is -0.498. The summed E-state index contributed by atoms with van der Waals surface area (Å²) in [7, 11) is 1.81. The van der Waals surface area contributed by atoms with Gasteiger partial charge in [0.15, 0.2) is 0 Å². The van der Waals surface area contributed by atoms with Crippen LogP contribution in [0.5, 0.6) is 0 Å². The third-order valence-corrected chi connectivity index (χ3v) is 3.84. The Kier molecular flexibility index (Phi) is 5.73. The van der Waals surface area contributed by atoms with Crippen LogP contribution >= 0.6 is 0 Å². The first kappa shape index (κ1) is 16.2. The van der Waals surface area contributed by atoms with E-state index in [0.717, 1.165) is 17.5 Å². The Hall–Kier alpha value is -2.13. The summed E-state index contributed by atoms with van der Waals surface area (Å²) in [6.07, 6.45) is 1.59. The first-order valence-electron chi connectivity index (χ1n) is 7.72. The standard InChI is InChI=1S/C19H24N2O/c1-3-15-9-11-17(12-10-15)14-21(2)19(22)18(20)13-16-7-5-4-6-8-16/h4-12,18H,3,13-14,20H2,1-2H3/t18-/m0/s1. The minimum absolute atomic E-state index is 0.0246. The molecule has 1 amide bonds. The van der Waals surface area contributed by atoms with E-state index >= 15 is 0 Å². The van der Waals surface area contributed by atoms with E-state index in [1.807, 2.05) is 30.3 Å². The second-order valence-corrected chi connectivity index (χ2v) is 5.66. The normalized spacial score (nSPS) is 12.0. The number of carbonyl (C=O) groups is 1. The molecule has 2 aromatic rings. The molecule has 0 aromatic heterocycles. The zero-order valence-corrected chi connectivity index (χ0v) is 13.3. The number of nitrogens with zero attached hydrogens (tertiary/aromatic N) is 1. The van der Waals surface area contributed by atoms with Gasteiger partial charge < -0.3 is 10.6 Å². The van der Waals surface area contributed by atoms with Crippen LogP contribution in [0.1, 0.15) is 23.6 Å². The van der Waals surface area contributed by atoms with Crippen LogP contribution in [0.4, 0.5) is 0 Å². The number of carbonyl (C=O) groups excluding carboxylic acids is 1. The molecular weight excluding hydrogens is 272 g/mol. The summed E-state index contributed by atoms with van der Waals surface area (Å²) >= 11 is 0. The van der Waals surface area contributed by atoms with Crippen molar-refractivity contribution in [1.82, 2.24) is 4.90 Å². The lowest BCUT2D eigenvalue weighted by molar-refractivity contribution is -0.131. The van der Waals surface area contributed by atoms with Crippen molar-refractivity contribution in [1.29, 1.82) is 0 Å². The molecule has 0 unspecified atom stereocenters. The van der Waals surface area contributed by atoms with E-state index in [4.69, 9.17) is 5.73 Å². The van der Waals surface area contributed by atoms with Gasteiger partial charge in [-0.1, -0.05) is 61.5 Å². The summed E-state index contributed by atoms with van der Waals surface area (Å²) < 4.78 is 0. The number of nitrogens with two attached hydrogens (primary N) is 1. The summed E-state index contributed by atoms with van der Waals surface area (Å²) in [4.78, 5) is 14.1. The van der Waals surface area contributed by atoms with Crippen molar-refractivity contribution in [3.05, 3.63) is 71.3 Å². The Balaban J connectivity index is 1.93. The fourth-order valence-corrected chi connectivity index (χ4v) is 2.47. The second-order valence-electron chi connectivity index (χ2n) is 5.66. The molecule has 0 heterocycles. The van der Waals surface area contributed by atoms with Gasteiger partial charge in [0.2, 0.25) is 5.91 Å². The highest BCUT2D eigenvalue weighted by molar-refractivity contribution is 5.81. The molecule has 3 nitrogen and oxygen atoms in total. The van der Waals surface area contributed by atoms with E-state index in [0.29, 0.717) is 13.0 Å². The fourth-order valence-electron chi connectivity index (χ4n) is 2.47. The van der Waals surface area contributed by atoms with E-state index < -0.39 is 6.04 Å². The molecular formula is C19H24N2O. The van der Waals surface area contributed by atoms with Crippen molar-refractivity contribution in [2.45, 2.75) is 32.4 Å². The number of amides is 1. The monoisotopic (exact) mass is 296 g/mol. The van der Waals surface area contributed by atoms with Gasteiger partial charge >= 0.3 is 0 Å². The summed E-state index contributed by atoms with van der Waals surface area (Å²) in [5.74, 6) is -0.0246. The van der Waals surface area contributed by atoms with Gasteiger partial charge in [-0.05, 0) is 29.5 Å². The van der Waals surface area contributed by atoms with Crippen LogP contribution in [0, 0.1) is 0 Å².